The molecule has 1 aliphatic rings. The summed E-state index contributed by atoms with van der Waals surface area (Å²) in [7, 11) is 0. The molecule has 2 heterocycles. The van der Waals surface area contributed by atoms with Crippen LogP contribution >= 0.6 is 11.3 Å². The predicted octanol–water partition coefficient (Wildman–Crippen LogP) is 2.65. The third-order valence-electron chi connectivity index (χ3n) is 2.77. The van der Waals surface area contributed by atoms with Gasteiger partial charge < -0.3 is 5.32 Å². The summed E-state index contributed by atoms with van der Waals surface area (Å²) in [5.74, 6) is 1.29. The Morgan fingerprint density at radius 2 is 2.29 bits per heavy atom. The molecule has 1 atom stereocenters. The normalized spacial score (nSPS) is 22.1. The lowest BCUT2D eigenvalue weighted by atomic mass is 10.1. The molecule has 1 N–H and O–H groups in total. The molecule has 1 fully saturated rings. The van der Waals surface area contributed by atoms with Crippen LogP contribution in [0.2, 0.25) is 0 Å². The van der Waals surface area contributed by atoms with Gasteiger partial charge in [0.15, 0.2) is 0 Å². The lowest BCUT2D eigenvalue weighted by Crippen LogP contribution is -2.07. The van der Waals surface area contributed by atoms with E-state index in [0.717, 1.165) is 12.5 Å². The minimum absolute atomic E-state index is 0.571. The van der Waals surface area contributed by atoms with Gasteiger partial charge in [-0.1, -0.05) is 13.8 Å². The molecule has 0 bridgehead atoms. The van der Waals surface area contributed by atoms with E-state index in [4.69, 9.17) is 0 Å². The van der Waals surface area contributed by atoms with Crippen molar-refractivity contribution < 1.29 is 0 Å². The number of nitrogens with zero attached hydrogens (tertiary/aromatic N) is 1. The zero-order chi connectivity index (χ0) is 10.1. The van der Waals surface area contributed by atoms with Crippen molar-refractivity contribution in [1.82, 2.24) is 10.3 Å². The molecular formula is C11H18N2S. The summed E-state index contributed by atoms with van der Waals surface area (Å²) in [6.45, 7) is 8.89. The SMILES string of the molecule is Cc1nc(C(C)C)sc1C1CCNC1. The minimum atomic E-state index is 0.571. The maximum absolute atomic E-state index is 4.65. The second-order valence-electron chi connectivity index (χ2n) is 4.35. The van der Waals surface area contributed by atoms with Crippen LogP contribution in [0.4, 0.5) is 0 Å². The summed E-state index contributed by atoms with van der Waals surface area (Å²) in [6.07, 6.45) is 1.28. The van der Waals surface area contributed by atoms with E-state index in [9.17, 15) is 0 Å². The van der Waals surface area contributed by atoms with Gasteiger partial charge in [0.2, 0.25) is 0 Å². The van der Waals surface area contributed by atoms with Gasteiger partial charge in [-0.15, -0.1) is 11.3 Å². The van der Waals surface area contributed by atoms with Gasteiger partial charge in [-0.3, -0.25) is 0 Å². The highest BCUT2D eigenvalue weighted by Crippen LogP contribution is 2.33. The van der Waals surface area contributed by atoms with Crippen LogP contribution in [-0.2, 0) is 0 Å². The Hall–Kier alpha value is -0.410. The molecular weight excluding hydrogens is 192 g/mol. The van der Waals surface area contributed by atoms with E-state index in [2.05, 4.69) is 31.1 Å². The van der Waals surface area contributed by atoms with Gasteiger partial charge in [-0.25, -0.2) is 4.98 Å². The Kier molecular flexibility index (Phi) is 2.88. The molecule has 0 spiro atoms. The van der Waals surface area contributed by atoms with Gasteiger partial charge >= 0.3 is 0 Å². The van der Waals surface area contributed by atoms with Crippen molar-refractivity contribution >= 4 is 11.3 Å². The second-order valence-corrected chi connectivity index (χ2v) is 5.41. The van der Waals surface area contributed by atoms with Gasteiger partial charge in [0.25, 0.3) is 0 Å². The highest BCUT2D eigenvalue weighted by Gasteiger charge is 2.22. The smallest absolute Gasteiger partial charge is 0.0956 e. The maximum Gasteiger partial charge on any atom is 0.0956 e. The average Bonchev–Trinajstić information content (AvgIpc) is 2.71. The fraction of sp³-hybridized carbons (Fsp3) is 0.727. The fourth-order valence-electron chi connectivity index (χ4n) is 1.93. The molecule has 0 saturated carbocycles. The molecule has 0 radical (unpaired) electrons. The summed E-state index contributed by atoms with van der Waals surface area (Å²) in [5, 5.41) is 4.71. The molecule has 1 aromatic rings. The van der Waals surface area contributed by atoms with Gasteiger partial charge in [-0.05, 0) is 19.9 Å². The van der Waals surface area contributed by atoms with Crippen LogP contribution in [0, 0.1) is 6.92 Å². The topological polar surface area (TPSA) is 24.9 Å². The zero-order valence-electron chi connectivity index (χ0n) is 9.13. The van der Waals surface area contributed by atoms with Crippen molar-refractivity contribution in [3.05, 3.63) is 15.6 Å². The maximum atomic E-state index is 4.65. The van der Waals surface area contributed by atoms with Gasteiger partial charge in [0.05, 0.1) is 10.7 Å². The van der Waals surface area contributed by atoms with E-state index in [-0.39, 0.29) is 0 Å². The lowest BCUT2D eigenvalue weighted by Gasteiger charge is -2.04. The highest BCUT2D eigenvalue weighted by atomic mass is 32.1. The molecule has 1 unspecified atom stereocenters. The summed E-state index contributed by atoms with van der Waals surface area (Å²) in [4.78, 5) is 6.16. The lowest BCUT2D eigenvalue weighted by molar-refractivity contribution is 0.768. The van der Waals surface area contributed by atoms with Gasteiger partial charge in [0.1, 0.15) is 0 Å². The molecule has 0 amide bonds. The number of rotatable bonds is 2. The molecule has 3 heteroatoms. The number of nitrogens with one attached hydrogen (secondary N) is 1. The first-order valence-corrected chi connectivity index (χ1v) is 6.18. The number of hydrogen-bond donors (Lipinski definition) is 1. The Balaban J connectivity index is 2.24. The zero-order valence-corrected chi connectivity index (χ0v) is 9.95. The summed E-state index contributed by atoms with van der Waals surface area (Å²) in [6, 6.07) is 0. The Morgan fingerprint density at radius 1 is 1.50 bits per heavy atom. The summed E-state index contributed by atoms with van der Waals surface area (Å²) >= 11 is 1.91. The first-order chi connectivity index (χ1) is 6.68. The monoisotopic (exact) mass is 210 g/mol. The average molecular weight is 210 g/mol. The predicted molar refractivity (Wildman–Crippen MR) is 61.2 cm³/mol. The third kappa shape index (κ3) is 1.84. The van der Waals surface area contributed by atoms with Crippen molar-refractivity contribution in [2.45, 2.75) is 39.0 Å². The van der Waals surface area contributed by atoms with Crippen LogP contribution in [0.1, 0.15) is 47.7 Å². The Bertz CT molecular complexity index is 311. The molecule has 2 nitrogen and oxygen atoms in total. The first kappa shape index (κ1) is 10.1. The van der Waals surface area contributed by atoms with E-state index in [0.29, 0.717) is 5.92 Å². The standard InChI is InChI=1S/C11H18N2S/c1-7(2)11-13-8(3)10(14-11)9-4-5-12-6-9/h7,9,12H,4-6H2,1-3H3. The largest absolute Gasteiger partial charge is 0.316 e. The van der Waals surface area contributed by atoms with Gasteiger partial charge in [0, 0.05) is 23.3 Å². The molecule has 0 aromatic carbocycles. The van der Waals surface area contributed by atoms with Crippen LogP contribution in [0.5, 0.6) is 0 Å². The van der Waals surface area contributed by atoms with Crippen molar-refractivity contribution in [3.63, 3.8) is 0 Å². The van der Waals surface area contributed by atoms with E-state index >= 15 is 0 Å². The molecule has 78 valence electrons. The summed E-state index contributed by atoms with van der Waals surface area (Å²) < 4.78 is 0. The van der Waals surface area contributed by atoms with Crippen LogP contribution < -0.4 is 5.32 Å². The minimum Gasteiger partial charge on any atom is -0.316 e. The number of hydrogen-bond acceptors (Lipinski definition) is 3. The third-order valence-corrected chi connectivity index (χ3v) is 4.39. The van der Waals surface area contributed by atoms with Gasteiger partial charge in [-0.2, -0.15) is 0 Å². The van der Waals surface area contributed by atoms with E-state index in [1.165, 1.54) is 28.5 Å². The van der Waals surface area contributed by atoms with Crippen molar-refractivity contribution in [2.24, 2.45) is 0 Å². The molecule has 0 aliphatic carbocycles. The van der Waals surface area contributed by atoms with Crippen LogP contribution in [0.3, 0.4) is 0 Å². The van der Waals surface area contributed by atoms with E-state index in [1.807, 2.05) is 11.3 Å². The van der Waals surface area contributed by atoms with E-state index in [1.54, 1.807) is 0 Å². The first-order valence-electron chi connectivity index (χ1n) is 5.36. The quantitative estimate of drug-likeness (QED) is 0.811. The Labute approximate surface area is 89.8 Å². The van der Waals surface area contributed by atoms with E-state index < -0.39 is 0 Å². The molecule has 1 aliphatic heterocycles. The van der Waals surface area contributed by atoms with Crippen LogP contribution in [-0.4, -0.2) is 18.1 Å². The number of thiazole rings is 1. The second kappa shape index (κ2) is 3.99. The Morgan fingerprint density at radius 3 is 2.79 bits per heavy atom. The highest BCUT2D eigenvalue weighted by molar-refractivity contribution is 7.11. The molecule has 14 heavy (non-hydrogen) atoms. The fourth-order valence-corrected chi connectivity index (χ4v) is 3.14. The van der Waals surface area contributed by atoms with Crippen LogP contribution in [0.15, 0.2) is 0 Å². The molecule has 1 saturated heterocycles. The molecule has 2 rings (SSSR count). The van der Waals surface area contributed by atoms with Crippen molar-refractivity contribution in [2.75, 3.05) is 13.1 Å². The van der Waals surface area contributed by atoms with Crippen molar-refractivity contribution in [1.29, 1.82) is 0 Å². The van der Waals surface area contributed by atoms with Crippen molar-refractivity contribution in [3.8, 4) is 0 Å². The van der Waals surface area contributed by atoms with Crippen LogP contribution in [0.25, 0.3) is 0 Å². The number of aryl methyl sites for hydroxylation is 1. The molecule has 1 aromatic heterocycles. The summed E-state index contributed by atoms with van der Waals surface area (Å²) in [5.41, 5.74) is 1.26. The number of aromatic nitrogens is 1.